The Morgan fingerprint density at radius 2 is 2.15 bits per heavy atom. The number of ether oxygens (including phenoxy) is 2. The second kappa shape index (κ2) is 7.57. The zero-order valence-electron chi connectivity index (χ0n) is 14.6. The molecule has 1 fully saturated rings. The lowest BCUT2D eigenvalue weighted by atomic mass is 10.1. The number of rotatable bonds is 6. The van der Waals surface area contributed by atoms with E-state index in [1.165, 1.54) is 25.0 Å². The number of carbonyl (C=O) groups excluding carboxylic acids is 2. The van der Waals surface area contributed by atoms with Crippen LogP contribution in [0, 0.1) is 0 Å². The summed E-state index contributed by atoms with van der Waals surface area (Å²) in [7, 11) is 1.49. The quantitative estimate of drug-likeness (QED) is 0.782. The van der Waals surface area contributed by atoms with Gasteiger partial charge in [0, 0.05) is 24.7 Å². The van der Waals surface area contributed by atoms with Gasteiger partial charge in [0.2, 0.25) is 0 Å². The number of benzene rings is 1. The molecule has 0 aliphatic carbocycles. The number of amides is 1. The second-order valence-electron chi connectivity index (χ2n) is 6.08. The summed E-state index contributed by atoms with van der Waals surface area (Å²) >= 11 is 0. The molecule has 0 bridgehead atoms. The average molecular weight is 360 g/mol. The summed E-state index contributed by atoms with van der Waals surface area (Å²) in [5.74, 6) is 0.912. The van der Waals surface area contributed by atoms with Crippen molar-refractivity contribution in [3.63, 3.8) is 0 Å². The first-order valence-corrected chi connectivity index (χ1v) is 8.22. The van der Waals surface area contributed by atoms with Crippen LogP contribution in [-0.2, 0) is 6.61 Å². The summed E-state index contributed by atoms with van der Waals surface area (Å²) in [5.41, 5.74) is 0.700. The Hall–Kier alpha value is -2.87. The van der Waals surface area contributed by atoms with Crippen LogP contribution in [0.15, 0.2) is 28.8 Å². The van der Waals surface area contributed by atoms with E-state index in [4.69, 9.17) is 14.0 Å². The van der Waals surface area contributed by atoms with Crippen LogP contribution in [0.4, 0.5) is 0 Å². The minimum atomic E-state index is -0.487. The Labute approximate surface area is 150 Å². The van der Waals surface area contributed by atoms with Crippen LogP contribution in [0.3, 0.4) is 0 Å². The number of aliphatic hydroxyl groups excluding tert-OH is 1. The molecule has 1 aromatic heterocycles. The molecule has 8 nitrogen and oxygen atoms in total. The van der Waals surface area contributed by atoms with E-state index in [1.807, 2.05) is 0 Å². The van der Waals surface area contributed by atoms with E-state index in [-0.39, 0.29) is 24.0 Å². The average Bonchev–Trinajstić information content (AvgIpc) is 3.28. The number of hydrogen-bond donors (Lipinski definition) is 1. The number of carbonyl (C=O) groups is 2. The van der Waals surface area contributed by atoms with E-state index in [1.54, 1.807) is 18.2 Å². The smallest absolute Gasteiger partial charge is 0.276 e. The fraction of sp³-hybridized carbons (Fsp3) is 0.389. The van der Waals surface area contributed by atoms with Crippen molar-refractivity contribution < 1.29 is 28.7 Å². The predicted molar refractivity (Wildman–Crippen MR) is 90.4 cm³/mol. The highest BCUT2D eigenvalue weighted by Gasteiger charge is 2.27. The Morgan fingerprint density at radius 3 is 2.81 bits per heavy atom. The van der Waals surface area contributed by atoms with E-state index in [0.29, 0.717) is 42.3 Å². The standard InChI is InChI=1S/C18H20N2O6/c1-11(21)12-3-4-16(17(7-12)24-2)25-10-14-8-15(19-26-14)18(23)20-6-5-13(22)9-20/h3-4,7-8,13,22H,5-6,9-10H2,1-2H3/t13-/m1/s1. The maximum Gasteiger partial charge on any atom is 0.276 e. The van der Waals surface area contributed by atoms with E-state index in [9.17, 15) is 14.7 Å². The number of Topliss-reactive ketones (excluding diaryl/α,β-unsaturated/α-hetero) is 1. The molecule has 1 N–H and O–H groups in total. The van der Waals surface area contributed by atoms with Gasteiger partial charge in [-0.05, 0) is 31.5 Å². The minimum absolute atomic E-state index is 0.0542. The molecule has 0 radical (unpaired) electrons. The van der Waals surface area contributed by atoms with Crippen molar-refractivity contribution >= 4 is 11.7 Å². The van der Waals surface area contributed by atoms with Crippen molar-refractivity contribution in [2.75, 3.05) is 20.2 Å². The number of methoxy groups -OCH3 is 1. The molecule has 3 rings (SSSR count). The number of aromatic nitrogens is 1. The molecule has 1 atom stereocenters. The van der Waals surface area contributed by atoms with Crippen LogP contribution in [0.25, 0.3) is 0 Å². The number of hydrogen-bond acceptors (Lipinski definition) is 7. The van der Waals surface area contributed by atoms with Gasteiger partial charge in [0.15, 0.2) is 28.7 Å². The van der Waals surface area contributed by atoms with E-state index < -0.39 is 6.10 Å². The van der Waals surface area contributed by atoms with Crippen LogP contribution in [0.1, 0.15) is 40.0 Å². The molecule has 2 aromatic rings. The van der Waals surface area contributed by atoms with Gasteiger partial charge >= 0.3 is 0 Å². The summed E-state index contributed by atoms with van der Waals surface area (Å²) in [6.45, 7) is 2.33. The van der Waals surface area contributed by atoms with Gasteiger partial charge in [0.25, 0.3) is 5.91 Å². The Morgan fingerprint density at radius 1 is 1.35 bits per heavy atom. The minimum Gasteiger partial charge on any atom is -0.493 e. The first-order valence-electron chi connectivity index (χ1n) is 8.22. The third kappa shape index (κ3) is 3.85. The topological polar surface area (TPSA) is 102 Å². The van der Waals surface area contributed by atoms with Gasteiger partial charge in [-0.1, -0.05) is 5.16 Å². The summed E-state index contributed by atoms with van der Waals surface area (Å²) in [6, 6.07) is 6.41. The molecule has 1 aliphatic rings. The molecule has 2 heterocycles. The number of ketones is 1. The molecule has 0 saturated carbocycles. The van der Waals surface area contributed by atoms with Gasteiger partial charge in [0.05, 0.1) is 13.2 Å². The summed E-state index contributed by atoms with van der Waals surface area (Å²) in [5, 5.41) is 13.3. The highest BCUT2D eigenvalue weighted by atomic mass is 16.5. The maximum atomic E-state index is 12.3. The van der Waals surface area contributed by atoms with Crippen LogP contribution in [-0.4, -0.2) is 53.2 Å². The molecule has 1 aliphatic heterocycles. The lowest BCUT2D eigenvalue weighted by Crippen LogP contribution is -2.29. The zero-order chi connectivity index (χ0) is 18.7. The van der Waals surface area contributed by atoms with Gasteiger partial charge in [-0.15, -0.1) is 0 Å². The molecule has 8 heteroatoms. The van der Waals surface area contributed by atoms with E-state index in [2.05, 4.69) is 5.16 Å². The summed E-state index contributed by atoms with van der Waals surface area (Å²) in [6.07, 6.45) is 0.0781. The SMILES string of the molecule is COc1cc(C(C)=O)ccc1OCc1cc(C(=O)N2CC[C@@H](O)C2)no1. The Balaban J connectivity index is 1.65. The van der Waals surface area contributed by atoms with Gasteiger partial charge in [-0.25, -0.2) is 0 Å². The van der Waals surface area contributed by atoms with Crippen molar-refractivity contribution in [2.24, 2.45) is 0 Å². The highest BCUT2D eigenvalue weighted by molar-refractivity contribution is 5.94. The van der Waals surface area contributed by atoms with Crippen molar-refractivity contribution in [1.29, 1.82) is 0 Å². The fourth-order valence-corrected chi connectivity index (χ4v) is 2.72. The monoisotopic (exact) mass is 360 g/mol. The van der Waals surface area contributed by atoms with Gasteiger partial charge < -0.3 is 24.0 Å². The third-order valence-corrected chi connectivity index (χ3v) is 4.17. The fourth-order valence-electron chi connectivity index (χ4n) is 2.72. The second-order valence-corrected chi connectivity index (χ2v) is 6.08. The molecule has 1 saturated heterocycles. The number of aliphatic hydroxyl groups is 1. The van der Waals surface area contributed by atoms with E-state index >= 15 is 0 Å². The largest absolute Gasteiger partial charge is 0.493 e. The van der Waals surface area contributed by atoms with Crippen LogP contribution < -0.4 is 9.47 Å². The first kappa shape index (κ1) is 17.9. The molecule has 138 valence electrons. The van der Waals surface area contributed by atoms with Crippen molar-refractivity contribution in [3.8, 4) is 11.5 Å². The van der Waals surface area contributed by atoms with Crippen molar-refractivity contribution in [1.82, 2.24) is 10.1 Å². The lowest BCUT2D eigenvalue weighted by Gasteiger charge is -2.12. The number of nitrogens with zero attached hydrogens (tertiary/aromatic N) is 2. The maximum absolute atomic E-state index is 12.3. The number of β-amino-alcohol motifs (C(OH)–C–C–N with tert-alkyl or cyclic N) is 1. The predicted octanol–water partition coefficient (Wildman–Crippen LogP) is 1.67. The number of likely N-dealkylation sites (tertiary alicyclic amines) is 1. The third-order valence-electron chi connectivity index (χ3n) is 4.17. The first-order chi connectivity index (χ1) is 12.5. The molecule has 0 spiro atoms. The van der Waals surface area contributed by atoms with Gasteiger partial charge in [-0.2, -0.15) is 0 Å². The van der Waals surface area contributed by atoms with Gasteiger partial charge in [0.1, 0.15) is 6.61 Å². The molecular weight excluding hydrogens is 340 g/mol. The van der Waals surface area contributed by atoms with Gasteiger partial charge in [-0.3, -0.25) is 9.59 Å². The highest BCUT2D eigenvalue weighted by Crippen LogP contribution is 2.29. The zero-order valence-corrected chi connectivity index (χ0v) is 14.6. The molecular formula is C18H20N2O6. The van der Waals surface area contributed by atoms with Crippen LogP contribution >= 0.6 is 0 Å². The molecule has 0 unspecified atom stereocenters. The summed E-state index contributed by atoms with van der Waals surface area (Å²) < 4.78 is 16.0. The van der Waals surface area contributed by atoms with Crippen molar-refractivity contribution in [2.45, 2.75) is 26.1 Å². The van der Waals surface area contributed by atoms with Crippen LogP contribution in [0.5, 0.6) is 11.5 Å². The Bertz CT molecular complexity index is 816. The van der Waals surface area contributed by atoms with Crippen molar-refractivity contribution in [3.05, 3.63) is 41.3 Å². The Kier molecular flexibility index (Phi) is 5.22. The van der Waals surface area contributed by atoms with Crippen LogP contribution in [0.2, 0.25) is 0 Å². The molecule has 26 heavy (non-hydrogen) atoms. The molecule has 1 aromatic carbocycles. The van der Waals surface area contributed by atoms with E-state index in [0.717, 1.165) is 0 Å². The lowest BCUT2D eigenvalue weighted by molar-refractivity contribution is 0.0754. The summed E-state index contributed by atoms with van der Waals surface area (Å²) in [4.78, 5) is 25.2. The molecule has 1 amide bonds. The normalized spacial score (nSPS) is 16.6.